The minimum absolute atomic E-state index is 0.312. The molecule has 1 aliphatic rings. The smallest absolute Gasteiger partial charge is 0.326 e. The predicted octanol–water partition coefficient (Wildman–Crippen LogP) is 5.27. The number of carboxylic acid groups (broad SMARTS) is 1. The van der Waals surface area contributed by atoms with Gasteiger partial charge in [-0.05, 0) is 42.3 Å². The van der Waals surface area contributed by atoms with Crippen LogP contribution in [0.15, 0.2) is 66.3 Å². The topological polar surface area (TPSA) is 66.3 Å². The van der Waals surface area contributed by atoms with Crippen molar-refractivity contribution in [3.8, 4) is 0 Å². The molecule has 2 atom stereocenters. The highest BCUT2D eigenvalue weighted by atomic mass is 35.5. The normalized spacial score (nSPS) is 17.9. The Morgan fingerprint density at radius 2 is 1.97 bits per heavy atom. The molecule has 0 amide bonds. The highest BCUT2D eigenvalue weighted by Crippen LogP contribution is 2.44. The fraction of sp³-hybridized carbons (Fsp3) is 0.174. The van der Waals surface area contributed by atoms with Crippen LogP contribution in [-0.2, 0) is 10.5 Å². The van der Waals surface area contributed by atoms with E-state index in [1.54, 1.807) is 65.0 Å². The van der Waals surface area contributed by atoms with E-state index in [0.29, 0.717) is 40.5 Å². The number of benzene rings is 2. The fourth-order valence-corrected chi connectivity index (χ4v) is 4.95. The summed E-state index contributed by atoms with van der Waals surface area (Å²) in [5.74, 6) is -0.368. The van der Waals surface area contributed by atoms with Crippen LogP contribution in [0.5, 0.6) is 0 Å². The lowest BCUT2D eigenvalue weighted by Crippen LogP contribution is -2.52. The number of thiazole rings is 1. The zero-order valence-corrected chi connectivity index (χ0v) is 17.8. The number of carboxylic acids is 1. The largest absolute Gasteiger partial charge is 0.480 e. The molecule has 5 rings (SSSR count). The Balaban J connectivity index is 1.62. The molecule has 1 N–H and O–H groups in total. The van der Waals surface area contributed by atoms with E-state index >= 15 is 4.39 Å². The van der Waals surface area contributed by atoms with Crippen LogP contribution in [0, 0.1) is 0 Å². The molecule has 1 aliphatic heterocycles. The van der Waals surface area contributed by atoms with Gasteiger partial charge in [0.1, 0.15) is 11.9 Å². The molecule has 156 valence electrons. The number of carbonyl (C=O) groups is 1. The second kappa shape index (κ2) is 7.59. The number of fused-ring (bicyclic) bond motifs is 1. The molecule has 0 saturated carbocycles. The number of rotatable bonds is 5. The number of hydrogen-bond donors (Lipinski definition) is 1. The maximum atomic E-state index is 17.1. The van der Waals surface area contributed by atoms with Gasteiger partial charge < -0.3 is 10.0 Å². The van der Waals surface area contributed by atoms with Crippen LogP contribution >= 0.6 is 22.9 Å². The summed E-state index contributed by atoms with van der Waals surface area (Å²) in [6, 6.07) is 14.9. The van der Waals surface area contributed by atoms with E-state index in [2.05, 4.69) is 9.97 Å². The van der Waals surface area contributed by atoms with Crippen molar-refractivity contribution in [3.05, 3.63) is 88.0 Å². The summed E-state index contributed by atoms with van der Waals surface area (Å²) in [6.07, 6.45) is 2.03. The molecular weight excluding hydrogens is 437 g/mol. The van der Waals surface area contributed by atoms with Crippen LogP contribution in [0.25, 0.3) is 10.2 Å². The average Bonchev–Trinajstić information content (AvgIpc) is 3.21. The quantitative estimate of drug-likeness (QED) is 0.446. The first-order valence-electron chi connectivity index (χ1n) is 9.72. The Labute approximate surface area is 186 Å². The first-order valence-corrected chi connectivity index (χ1v) is 11.0. The van der Waals surface area contributed by atoms with E-state index < -0.39 is 17.7 Å². The number of aromatic nitrogens is 2. The van der Waals surface area contributed by atoms with Crippen molar-refractivity contribution >= 4 is 44.9 Å². The van der Waals surface area contributed by atoms with Crippen molar-refractivity contribution in [3.63, 3.8) is 0 Å². The van der Waals surface area contributed by atoms with Crippen LogP contribution in [-0.4, -0.2) is 33.6 Å². The van der Waals surface area contributed by atoms with E-state index in [-0.39, 0.29) is 0 Å². The molecule has 2 aromatic carbocycles. The van der Waals surface area contributed by atoms with Crippen molar-refractivity contribution in [2.75, 3.05) is 11.4 Å². The Hall–Kier alpha value is -3.03. The molecule has 0 bridgehead atoms. The van der Waals surface area contributed by atoms with Crippen LogP contribution in [0.3, 0.4) is 0 Å². The van der Waals surface area contributed by atoms with Crippen molar-refractivity contribution in [2.24, 2.45) is 0 Å². The molecule has 8 heteroatoms. The summed E-state index contributed by atoms with van der Waals surface area (Å²) in [7, 11) is 0. The maximum absolute atomic E-state index is 17.1. The third-order valence-electron chi connectivity index (χ3n) is 5.72. The van der Waals surface area contributed by atoms with Crippen LogP contribution in [0.2, 0.25) is 5.02 Å². The van der Waals surface area contributed by atoms with Crippen LogP contribution in [0.1, 0.15) is 23.1 Å². The molecule has 3 heterocycles. The molecule has 1 saturated heterocycles. The van der Waals surface area contributed by atoms with Crippen molar-refractivity contribution in [1.82, 2.24) is 9.97 Å². The standard InChI is InChI=1S/C23H17ClFN3O2S/c24-17-4-2-1-3-16(17)23(25,14-5-7-18-20(11-14)31-13-27-18)15-6-8-21(26-12-15)28-10-9-19(28)22(29)30/h1-8,11-13,19H,9-10H2,(H,29,30). The number of nitrogens with zero attached hydrogens (tertiary/aromatic N) is 3. The molecule has 2 aromatic heterocycles. The highest BCUT2D eigenvalue weighted by Gasteiger charge is 2.40. The first-order chi connectivity index (χ1) is 15.0. The Bertz CT molecular complexity index is 1280. The lowest BCUT2D eigenvalue weighted by Gasteiger charge is -2.39. The molecule has 2 unspecified atom stereocenters. The second-order valence-corrected chi connectivity index (χ2v) is 8.71. The monoisotopic (exact) mass is 453 g/mol. The third-order valence-corrected chi connectivity index (χ3v) is 6.84. The van der Waals surface area contributed by atoms with Gasteiger partial charge in [-0.1, -0.05) is 35.9 Å². The van der Waals surface area contributed by atoms with E-state index in [1.165, 1.54) is 17.5 Å². The first kappa shape index (κ1) is 19.9. The predicted molar refractivity (Wildman–Crippen MR) is 120 cm³/mol. The van der Waals surface area contributed by atoms with Crippen molar-refractivity contribution < 1.29 is 14.3 Å². The van der Waals surface area contributed by atoms with Gasteiger partial charge in [0.05, 0.1) is 15.7 Å². The summed E-state index contributed by atoms with van der Waals surface area (Å²) in [5.41, 5.74) is 1.57. The van der Waals surface area contributed by atoms with Gasteiger partial charge in [0.15, 0.2) is 5.67 Å². The molecular formula is C23H17ClFN3O2S. The van der Waals surface area contributed by atoms with Crippen molar-refractivity contribution in [1.29, 1.82) is 0 Å². The second-order valence-electron chi connectivity index (χ2n) is 7.41. The van der Waals surface area contributed by atoms with E-state index in [4.69, 9.17) is 11.6 Å². The van der Waals surface area contributed by atoms with E-state index in [1.807, 2.05) is 0 Å². The third kappa shape index (κ3) is 3.25. The lowest BCUT2D eigenvalue weighted by molar-refractivity contribution is -0.140. The summed E-state index contributed by atoms with van der Waals surface area (Å²) in [4.78, 5) is 21.7. The van der Waals surface area contributed by atoms with E-state index in [9.17, 15) is 9.90 Å². The van der Waals surface area contributed by atoms with Gasteiger partial charge in [0.2, 0.25) is 0 Å². The molecule has 4 aromatic rings. The number of pyridine rings is 1. The molecule has 31 heavy (non-hydrogen) atoms. The van der Waals surface area contributed by atoms with Gasteiger partial charge in [0, 0.05) is 28.9 Å². The zero-order valence-electron chi connectivity index (χ0n) is 16.2. The minimum Gasteiger partial charge on any atom is -0.480 e. The zero-order chi connectivity index (χ0) is 21.6. The van der Waals surface area contributed by atoms with Gasteiger partial charge in [-0.2, -0.15) is 0 Å². The Morgan fingerprint density at radius 1 is 1.16 bits per heavy atom. The van der Waals surface area contributed by atoms with Crippen LogP contribution in [0.4, 0.5) is 10.2 Å². The van der Waals surface area contributed by atoms with Gasteiger partial charge >= 0.3 is 5.97 Å². The van der Waals surface area contributed by atoms with Crippen LogP contribution < -0.4 is 4.90 Å². The van der Waals surface area contributed by atoms with Gasteiger partial charge in [-0.25, -0.2) is 19.2 Å². The van der Waals surface area contributed by atoms with Gasteiger partial charge in [0.25, 0.3) is 0 Å². The molecule has 0 aliphatic carbocycles. The average molecular weight is 454 g/mol. The molecule has 0 radical (unpaired) electrons. The van der Waals surface area contributed by atoms with Gasteiger partial charge in [-0.15, -0.1) is 11.3 Å². The molecule has 0 spiro atoms. The summed E-state index contributed by atoms with van der Waals surface area (Å²) in [5, 5.41) is 9.61. The maximum Gasteiger partial charge on any atom is 0.326 e. The summed E-state index contributed by atoms with van der Waals surface area (Å²) >= 11 is 7.87. The minimum atomic E-state index is -2.04. The summed E-state index contributed by atoms with van der Waals surface area (Å²) < 4.78 is 17.9. The number of anilines is 1. The number of halogens is 2. The SMILES string of the molecule is O=C(O)C1CCN1c1ccc(C(F)(c2ccc3ncsc3c2)c2ccccc2Cl)cn1. The number of alkyl halides is 1. The number of hydrogen-bond acceptors (Lipinski definition) is 5. The summed E-state index contributed by atoms with van der Waals surface area (Å²) in [6.45, 7) is 0.608. The van der Waals surface area contributed by atoms with Crippen molar-refractivity contribution in [2.45, 2.75) is 18.1 Å². The lowest BCUT2D eigenvalue weighted by atomic mass is 9.82. The fourth-order valence-electron chi connectivity index (χ4n) is 3.97. The van der Waals surface area contributed by atoms with Gasteiger partial charge in [-0.3, -0.25) is 0 Å². The highest BCUT2D eigenvalue weighted by molar-refractivity contribution is 7.16. The Kier molecular flexibility index (Phi) is 4.87. The Morgan fingerprint density at radius 3 is 2.65 bits per heavy atom. The number of aliphatic carboxylic acids is 1. The molecule has 1 fully saturated rings. The molecule has 5 nitrogen and oxygen atoms in total. The van der Waals surface area contributed by atoms with E-state index in [0.717, 1.165) is 10.2 Å².